The monoisotopic (exact) mass is 358 g/mol. The summed E-state index contributed by atoms with van der Waals surface area (Å²) in [5, 5.41) is 5.73. The first-order valence-electron chi connectivity index (χ1n) is 9.30. The minimum absolute atomic E-state index is 0.0452. The average Bonchev–Trinajstić information content (AvgIpc) is 3.22. The van der Waals surface area contributed by atoms with Crippen molar-refractivity contribution in [3.63, 3.8) is 0 Å². The molecule has 1 saturated carbocycles. The van der Waals surface area contributed by atoms with Crippen molar-refractivity contribution in [3.05, 3.63) is 0 Å². The van der Waals surface area contributed by atoms with Crippen LogP contribution in [0.2, 0.25) is 0 Å². The number of piperazine rings is 1. The molecule has 8 heteroatoms. The van der Waals surface area contributed by atoms with E-state index in [1.165, 1.54) is 12.8 Å². The molecular weight excluding hydrogens is 330 g/mol. The molecule has 0 radical (unpaired) electrons. The van der Waals surface area contributed by atoms with E-state index in [0.29, 0.717) is 32.2 Å². The molecule has 2 unspecified atom stereocenters. The van der Waals surface area contributed by atoms with E-state index >= 15 is 0 Å². The van der Waals surface area contributed by atoms with Crippen molar-refractivity contribution in [2.24, 2.45) is 0 Å². The van der Waals surface area contributed by atoms with E-state index in [9.17, 15) is 18.4 Å². The van der Waals surface area contributed by atoms with Gasteiger partial charge >= 0.3 is 0 Å². The molecule has 142 valence electrons. The average molecular weight is 358 g/mol. The van der Waals surface area contributed by atoms with Crippen molar-refractivity contribution in [2.45, 2.75) is 63.1 Å². The summed E-state index contributed by atoms with van der Waals surface area (Å²) in [7, 11) is 0. The van der Waals surface area contributed by atoms with Gasteiger partial charge in [-0.15, -0.1) is 0 Å². The fourth-order valence-corrected chi connectivity index (χ4v) is 4.00. The van der Waals surface area contributed by atoms with Crippen LogP contribution in [0, 0.1) is 0 Å². The molecule has 3 fully saturated rings. The first-order valence-corrected chi connectivity index (χ1v) is 9.30. The highest BCUT2D eigenvalue weighted by atomic mass is 19.3. The highest BCUT2D eigenvalue weighted by molar-refractivity contribution is 5.83. The number of nitrogens with one attached hydrogen (secondary N) is 2. The maximum absolute atomic E-state index is 13.3. The predicted molar refractivity (Wildman–Crippen MR) is 89.4 cm³/mol. The molecule has 3 aliphatic rings. The smallest absolute Gasteiger partial charge is 0.262 e. The van der Waals surface area contributed by atoms with Crippen molar-refractivity contribution in [2.75, 3.05) is 32.7 Å². The van der Waals surface area contributed by atoms with E-state index < -0.39 is 24.9 Å². The minimum Gasteiger partial charge on any atom is -0.352 e. The van der Waals surface area contributed by atoms with Gasteiger partial charge in [-0.05, 0) is 19.8 Å². The summed E-state index contributed by atoms with van der Waals surface area (Å²) in [6.07, 6.45) is 4.04. The van der Waals surface area contributed by atoms with Crippen molar-refractivity contribution >= 4 is 11.8 Å². The lowest BCUT2D eigenvalue weighted by molar-refractivity contribution is -0.136. The molecule has 6 nitrogen and oxygen atoms in total. The number of carbonyl (C=O) groups is 2. The fourth-order valence-electron chi connectivity index (χ4n) is 4.00. The molecule has 2 aliphatic heterocycles. The summed E-state index contributed by atoms with van der Waals surface area (Å²) in [6, 6.07) is -0.718. The summed E-state index contributed by atoms with van der Waals surface area (Å²) < 4.78 is 26.5. The van der Waals surface area contributed by atoms with Crippen molar-refractivity contribution < 1.29 is 18.4 Å². The molecule has 0 aromatic heterocycles. The molecule has 0 bridgehead atoms. The van der Waals surface area contributed by atoms with Gasteiger partial charge in [0.1, 0.15) is 0 Å². The standard InChI is InChI=1S/C17H28F2N4O2/c1-12(15(24)21-13-4-2-3-5-13)22-6-8-23(9-7-22)16(25)14-10-17(18,19)11-20-14/h12-14,20H,2-11H2,1H3,(H,21,24). The fraction of sp³-hybridized carbons (Fsp3) is 0.882. The quantitative estimate of drug-likeness (QED) is 0.772. The summed E-state index contributed by atoms with van der Waals surface area (Å²) in [5.74, 6) is -3.00. The van der Waals surface area contributed by atoms with Gasteiger partial charge in [0.05, 0.1) is 18.6 Å². The number of carbonyl (C=O) groups excluding carboxylic acids is 2. The summed E-state index contributed by atoms with van der Waals surface area (Å²) in [4.78, 5) is 28.4. The minimum atomic E-state index is -2.80. The number of halogens is 2. The molecule has 3 rings (SSSR count). The van der Waals surface area contributed by atoms with E-state index in [2.05, 4.69) is 15.5 Å². The van der Waals surface area contributed by atoms with Gasteiger partial charge in [-0.1, -0.05) is 12.8 Å². The second-order valence-corrected chi connectivity index (χ2v) is 7.52. The summed E-state index contributed by atoms with van der Waals surface area (Å²) in [6.45, 7) is 3.60. The predicted octanol–water partition coefficient (Wildman–Crippen LogP) is 0.575. The molecule has 2 amide bonds. The van der Waals surface area contributed by atoms with Gasteiger partial charge in [0, 0.05) is 38.6 Å². The van der Waals surface area contributed by atoms with Gasteiger partial charge in [-0.2, -0.15) is 0 Å². The van der Waals surface area contributed by atoms with Crippen molar-refractivity contribution in [1.82, 2.24) is 20.4 Å². The third kappa shape index (κ3) is 4.47. The lowest BCUT2D eigenvalue weighted by Crippen LogP contribution is -2.57. The Morgan fingerprint density at radius 1 is 1.16 bits per heavy atom. The number of rotatable bonds is 4. The van der Waals surface area contributed by atoms with Crippen LogP contribution >= 0.6 is 0 Å². The Labute approximate surface area is 147 Å². The third-order valence-electron chi connectivity index (χ3n) is 5.66. The molecule has 2 saturated heterocycles. The van der Waals surface area contributed by atoms with Crippen molar-refractivity contribution in [1.29, 1.82) is 0 Å². The van der Waals surface area contributed by atoms with Crippen LogP contribution in [0.4, 0.5) is 8.78 Å². The van der Waals surface area contributed by atoms with Gasteiger partial charge in [-0.3, -0.25) is 19.8 Å². The van der Waals surface area contributed by atoms with Gasteiger partial charge in [0.15, 0.2) is 0 Å². The normalized spacial score (nSPS) is 28.9. The molecule has 0 spiro atoms. The Kier molecular flexibility index (Phi) is 5.58. The van der Waals surface area contributed by atoms with Gasteiger partial charge in [0.25, 0.3) is 5.92 Å². The summed E-state index contributed by atoms with van der Waals surface area (Å²) in [5.41, 5.74) is 0. The Bertz CT molecular complexity index is 503. The van der Waals surface area contributed by atoms with E-state index in [4.69, 9.17) is 0 Å². The Balaban J connectivity index is 1.44. The first-order chi connectivity index (χ1) is 11.9. The molecule has 2 N–H and O–H groups in total. The molecule has 0 aromatic carbocycles. The van der Waals surface area contributed by atoms with Crippen LogP contribution in [0.3, 0.4) is 0 Å². The van der Waals surface area contributed by atoms with Crippen molar-refractivity contribution in [3.8, 4) is 0 Å². The van der Waals surface area contributed by atoms with Crippen LogP contribution in [0.25, 0.3) is 0 Å². The number of hydrogen-bond donors (Lipinski definition) is 2. The zero-order chi connectivity index (χ0) is 18.0. The molecule has 2 heterocycles. The second-order valence-electron chi connectivity index (χ2n) is 7.52. The van der Waals surface area contributed by atoms with E-state index in [0.717, 1.165) is 12.8 Å². The Hall–Kier alpha value is -1.28. The Morgan fingerprint density at radius 3 is 2.36 bits per heavy atom. The van der Waals surface area contributed by atoms with Crippen LogP contribution < -0.4 is 10.6 Å². The zero-order valence-corrected chi connectivity index (χ0v) is 14.8. The highest BCUT2D eigenvalue weighted by Crippen LogP contribution is 2.26. The van der Waals surface area contributed by atoms with Crippen LogP contribution in [-0.2, 0) is 9.59 Å². The van der Waals surface area contributed by atoms with Crippen LogP contribution in [0.5, 0.6) is 0 Å². The third-order valence-corrected chi connectivity index (χ3v) is 5.66. The maximum atomic E-state index is 13.3. The summed E-state index contributed by atoms with van der Waals surface area (Å²) >= 11 is 0. The Morgan fingerprint density at radius 2 is 1.80 bits per heavy atom. The highest BCUT2D eigenvalue weighted by Gasteiger charge is 2.44. The first kappa shape index (κ1) is 18.5. The lowest BCUT2D eigenvalue weighted by Gasteiger charge is -2.38. The zero-order valence-electron chi connectivity index (χ0n) is 14.8. The number of hydrogen-bond acceptors (Lipinski definition) is 4. The molecular formula is C17H28F2N4O2. The SMILES string of the molecule is CC(C(=O)NC1CCCC1)N1CCN(C(=O)C2CC(F)(F)CN2)CC1. The number of amides is 2. The molecule has 25 heavy (non-hydrogen) atoms. The second kappa shape index (κ2) is 7.53. The maximum Gasteiger partial charge on any atom is 0.262 e. The topological polar surface area (TPSA) is 64.7 Å². The van der Waals surface area contributed by atoms with Crippen LogP contribution in [0.1, 0.15) is 39.0 Å². The number of alkyl halides is 2. The van der Waals surface area contributed by atoms with Gasteiger partial charge in [-0.25, -0.2) is 8.78 Å². The van der Waals surface area contributed by atoms with Crippen LogP contribution in [-0.4, -0.2) is 78.4 Å². The van der Waals surface area contributed by atoms with Crippen LogP contribution in [0.15, 0.2) is 0 Å². The van der Waals surface area contributed by atoms with Gasteiger partial charge in [0.2, 0.25) is 11.8 Å². The van der Waals surface area contributed by atoms with E-state index in [1.807, 2.05) is 6.92 Å². The van der Waals surface area contributed by atoms with E-state index in [-0.39, 0.29) is 17.9 Å². The molecule has 1 aliphatic carbocycles. The number of nitrogens with zero attached hydrogens (tertiary/aromatic N) is 2. The van der Waals surface area contributed by atoms with E-state index in [1.54, 1.807) is 4.90 Å². The molecule has 0 aromatic rings. The van der Waals surface area contributed by atoms with Gasteiger partial charge < -0.3 is 10.2 Å². The molecule has 2 atom stereocenters. The largest absolute Gasteiger partial charge is 0.352 e. The lowest BCUT2D eigenvalue weighted by atomic mass is 10.1.